The largest absolute Gasteiger partial charge is 0.333 e. The summed E-state index contributed by atoms with van der Waals surface area (Å²) in [6.45, 7) is -0.271. The highest BCUT2D eigenvalue weighted by atomic mass is 35.5. The van der Waals surface area contributed by atoms with Crippen LogP contribution in [-0.4, -0.2) is 18.4 Å². The standard InChI is InChI=1S/C5H6ClN3O3S/c6-5-2-8-1-4(9-5)3-12-13(7,10)11/h1-2H,3H2,(H2,7,10,11). The number of nitrogens with two attached hydrogens (primary N) is 1. The molecule has 0 atom stereocenters. The molecule has 0 aliphatic carbocycles. The Bertz CT molecular complexity index is 394. The zero-order valence-electron chi connectivity index (χ0n) is 6.34. The van der Waals surface area contributed by atoms with Crippen molar-refractivity contribution in [1.82, 2.24) is 9.97 Å². The molecule has 1 aromatic heterocycles. The zero-order valence-corrected chi connectivity index (χ0v) is 7.92. The smallest absolute Gasteiger partial charge is 0.260 e. The van der Waals surface area contributed by atoms with Crippen LogP contribution in [0.25, 0.3) is 0 Å². The molecule has 1 heterocycles. The van der Waals surface area contributed by atoms with Gasteiger partial charge in [-0.15, -0.1) is 0 Å². The molecule has 0 unspecified atom stereocenters. The highest BCUT2D eigenvalue weighted by Gasteiger charge is 2.04. The van der Waals surface area contributed by atoms with Crippen LogP contribution < -0.4 is 5.14 Å². The van der Waals surface area contributed by atoms with Crippen molar-refractivity contribution in [3.8, 4) is 0 Å². The molecule has 0 aliphatic rings. The van der Waals surface area contributed by atoms with Gasteiger partial charge in [0.1, 0.15) is 11.8 Å². The Morgan fingerprint density at radius 2 is 2.23 bits per heavy atom. The van der Waals surface area contributed by atoms with Gasteiger partial charge in [-0.3, -0.25) is 9.17 Å². The van der Waals surface area contributed by atoms with Crippen LogP contribution in [-0.2, 0) is 21.1 Å². The molecular weight excluding hydrogens is 218 g/mol. The molecule has 0 bridgehead atoms. The SMILES string of the molecule is NS(=O)(=O)OCc1cncc(Cl)n1. The summed E-state index contributed by atoms with van der Waals surface area (Å²) >= 11 is 5.48. The van der Waals surface area contributed by atoms with Gasteiger partial charge in [0, 0.05) is 0 Å². The van der Waals surface area contributed by atoms with Gasteiger partial charge in [-0.05, 0) is 0 Å². The van der Waals surface area contributed by atoms with Crippen molar-refractivity contribution >= 4 is 21.9 Å². The van der Waals surface area contributed by atoms with Gasteiger partial charge in [-0.2, -0.15) is 8.42 Å². The topological polar surface area (TPSA) is 95.2 Å². The van der Waals surface area contributed by atoms with E-state index in [4.69, 9.17) is 11.6 Å². The van der Waals surface area contributed by atoms with E-state index in [9.17, 15) is 8.42 Å². The lowest BCUT2D eigenvalue weighted by molar-refractivity contribution is 0.303. The lowest BCUT2D eigenvalue weighted by Gasteiger charge is -1.99. The summed E-state index contributed by atoms with van der Waals surface area (Å²) in [6, 6.07) is 0. The van der Waals surface area contributed by atoms with Crippen LogP contribution in [0.3, 0.4) is 0 Å². The molecule has 0 fully saturated rings. The Kier molecular flexibility index (Phi) is 3.15. The molecule has 0 aromatic carbocycles. The Hall–Kier alpha value is -0.760. The van der Waals surface area contributed by atoms with Crippen LogP contribution in [0.1, 0.15) is 5.69 Å². The summed E-state index contributed by atoms with van der Waals surface area (Å²) in [4.78, 5) is 7.41. The first kappa shape index (κ1) is 10.3. The summed E-state index contributed by atoms with van der Waals surface area (Å²) in [5, 5.41) is 4.75. The van der Waals surface area contributed by atoms with Crippen LogP contribution >= 0.6 is 11.6 Å². The molecule has 0 saturated carbocycles. The van der Waals surface area contributed by atoms with Crippen molar-refractivity contribution in [3.63, 3.8) is 0 Å². The fourth-order valence-corrected chi connectivity index (χ4v) is 1.04. The number of hydrogen-bond acceptors (Lipinski definition) is 5. The van der Waals surface area contributed by atoms with Gasteiger partial charge in [0.05, 0.1) is 18.1 Å². The van der Waals surface area contributed by atoms with E-state index >= 15 is 0 Å². The molecule has 2 N–H and O–H groups in total. The first-order valence-electron chi connectivity index (χ1n) is 3.11. The number of aromatic nitrogens is 2. The summed E-state index contributed by atoms with van der Waals surface area (Å²) in [5.41, 5.74) is 0.293. The van der Waals surface area contributed by atoms with E-state index in [1.54, 1.807) is 0 Å². The molecule has 6 nitrogen and oxygen atoms in total. The van der Waals surface area contributed by atoms with Crippen molar-refractivity contribution in [2.24, 2.45) is 5.14 Å². The molecule has 0 amide bonds. The van der Waals surface area contributed by atoms with Gasteiger partial charge in [-0.25, -0.2) is 10.1 Å². The van der Waals surface area contributed by atoms with E-state index in [1.807, 2.05) is 0 Å². The average molecular weight is 224 g/mol. The molecule has 0 radical (unpaired) electrons. The molecule has 8 heteroatoms. The lowest BCUT2D eigenvalue weighted by atomic mass is 10.5. The molecular formula is C5H6ClN3O3S. The fourth-order valence-electron chi connectivity index (χ4n) is 0.592. The zero-order chi connectivity index (χ0) is 9.90. The van der Waals surface area contributed by atoms with Gasteiger partial charge >= 0.3 is 10.3 Å². The Balaban J connectivity index is 2.65. The monoisotopic (exact) mass is 223 g/mol. The third-order valence-electron chi connectivity index (χ3n) is 1.03. The van der Waals surface area contributed by atoms with Crippen LogP contribution in [0.15, 0.2) is 12.4 Å². The first-order valence-corrected chi connectivity index (χ1v) is 4.96. The van der Waals surface area contributed by atoms with E-state index in [1.165, 1.54) is 12.4 Å². The van der Waals surface area contributed by atoms with E-state index in [2.05, 4.69) is 19.3 Å². The van der Waals surface area contributed by atoms with E-state index in [0.717, 1.165) is 0 Å². The van der Waals surface area contributed by atoms with Crippen LogP contribution in [0, 0.1) is 0 Å². The highest BCUT2D eigenvalue weighted by molar-refractivity contribution is 7.84. The maximum Gasteiger partial charge on any atom is 0.333 e. The predicted octanol–water partition coefficient (Wildman–Crippen LogP) is -0.150. The molecule has 72 valence electrons. The fraction of sp³-hybridized carbons (Fsp3) is 0.200. The molecule has 1 rings (SSSR count). The van der Waals surface area contributed by atoms with Crippen molar-refractivity contribution < 1.29 is 12.6 Å². The Morgan fingerprint density at radius 3 is 2.77 bits per heavy atom. The second-order valence-corrected chi connectivity index (χ2v) is 3.70. The van der Waals surface area contributed by atoms with Crippen LogP contribution in [0.2, 0.25) is 5.15 Å². The third kappa shape index (κ3) is 4.13. The van der Waals surface area contributed by atoms with Crippen LogP contribution in [0.4, 0.5) is 0 Å². The second kappa shape index (κ2) is 3.97. The van der Waals surface area contributed by atoms with Gasteiger partial charge < -0.3 is 0 Å². The molecule has 0 aliphatic heterocycles. The molecule has 0 saturated heterocycles. The summed E-state index contributed by atoms with van der Waals surface area (Å²) < 4.78 is 25.0. The van der Waals surface area contributed by atoms with Crippen molar-refractivity contribution in [2.75, 3.05) is 0 Å². The van der Waals surface area contributed by atoms with E-state index in [0.29, 0.717) is 5.69 Å². The number of hydrogen-bond donors (Lipinski definition) is 1. The van der Waals surface area contributed by atoms with Gasteiger partial charge in [-0.1, -0.05) is 11.6 Å². The maximum absolute atomic E-state index is 10.4. The minimum Gasteiger partial charge on any atom is -0.260 e. The second-order valence-electron chi connectivity index (χ2n) is 2.09. The van der Waals surface area contributed by atoms with Crippen molar-refractivity contribution in [1.29, 1.82) is 0 Å². The third-order valence-corrected chi connectivity index (χ3v) is 1.65. The predicted molar refractivity (Wildman–Crippen MR) is 44.9 cm³/mol. The van der Waals surface area contributed by atoms with Crippen molar-refractivity contribution in [2.45, 2.75) is 6.61 Å². The van der Waals surface area contributed by atoms with E-state index in [-0.39, 0.29) is 11.8 Å². The molecule has 13 heavy (non-hydrogen) atoms. The van der Waals surface area contributed by atoms with Gasteiger partial charge in [0.15, 0.2) is 0 Å². The Morgan fingerprint density at radius 1 is 1.54 bits per heavy atom. The summed E-state index contributed by atoms with van der Waals surface area (Å²) in [6.07, 6.45) is 2.65. The number of halogens is 1. The molecule has 1 aromatic rings. The summed E-state index contributed by atoms with van der Waals surface area (Å²) in [5.74, 6) is 0. The first-order chi connectivity index (χ1) is 5.97. The van der Waals surface area contributed by atoms with Gasteiger partial charge in [0.25, 0.3) is 0 Å². The number of rotatable bonds is 3. The molecule has 0 spiro atoms. The minimum atomic E-state index is -3.95. The van der Waals surface area contributed by atoms with Crippen LogP contribution in [0.5, 0.6) is 0 Å². The lowest BCUT2D eigenvalue weighted by Crippen LogP contribution is -2.15. The maximum atomic E-state index is 10.4. The van der Waals surface area contributed by atoms with Gasteiger partial charge in [0.2, 0.25) is 0 Å². The van der Waals surface area contributed by atoms with E-state index < -0.39 is 10.3 Å². The summed E-state index contributed by atoms with van der Waals surface area (Å²) in [7, 11) is -3.95. The number of nitrogens with zero attached hydrogens (tertiary/aromatic N) is 2. The highest BCUT2D eigenvalue weighted by Crippen LogP contribution is 2.03. The normalized spacial score (nSPS) is 11.5. The Labute approximate surface area is 80.0 Å². The van der Waals surface area contributed by atoms with Crippen molar-refractivity contribution in [3.05, 3.63) is 23.2 Å². The minimum absolute atomic E-state index is 0.163. The average Bonchev–Trinajstić information content (AvgIpc) is 2.00. The quantitative estimate of drug-likeness (QED) is 0.769.